The Kier molecular flexibility index (Phi) is 6.05. The van der Waals surface area contributed by atoms with Crippen LogP contribution in [0, 0.1) is 13.8 Å². The molecule has 2 aromatic rings. The zero-order valence-corrected chi connectivity index (χ0v) is 17.0. The average molecular weight is 402 g/mol. The fraction of sp³-hybridized carbons (Fsp3) is 0.238. The van der Waals surface area contributed by atoms with Crippen molar-refractivity contribution in [1.82, 2.24) is 4.90 Å². The Morgan fingerprint density at radius 1 is 1.00 bits per heavy atom. The van der Waals surface area contributed by atoms with Crippen molar-refractivity contribution in [2.24, 2.45) is 0 Å². The number of rotatable bonds is 6. The molecule has 3 rings (SSSR count). The van der Waals surface area contributed by atoms with Crippen molar-refractivity contribution in [1.29, 1.82) is 0 Å². The van der Waals surface area contributed by atoms with Crippen LogP contribution in [-0.4, -0.2) is 37.0 Å². The van der Waals surface area contributed by atoms with Crippen LogP contribution in [0.25, 0.3) is 5.57 Å². The number of imide groups is 1. The van der Waals surface area contributed by atoms with Crippen LogP contribution >= 0.6 is 23.4 Å². The average Bonchev–Trinajstić information content (AvgIpc) is 2.88. The van der Waals surface area contributed by atoms with Crippen LogP contribution in [0.3, 0.4) is 0 Å². The van der Waals surface area contributed by atoms with Gasteiger partial charge in [-0.2, -0.15) is 0 Å². The molecular weight excluding hydrogens is 382 g/mol. The lowest BCUT2D eigenvalue weighted by Gasteiger charge is -2.14. The number of nitrogens with zero attached hydrogens (tertiary/aromatic N) is 1. The second kappa shape index (κ2) is 8.30. The van der Waals surface area contributed by atoms with Crippen molar-refractivity contribution in [2.75, 3.05) is 20.3 Å². The van der Waals surface area contributed by atoms with Gasteiger partial charge in [-0.3, -0.25) is 14.5 Å². The summed E-state index contributed by atoms with van der Waals surface area (Å²) in [6.45, 7) is 4.54. The number of carbonyl (C=O) groups excluding carboxylic acids is 2. The highest BCUT2D eigenvalue weighted by molar-refractivity contribution is 8.04. The summed E-state index contributed by atoms with van der Waals surface area (Å²) in [6, 6.07) is 13.0. The molecule has 2 aromatic carbocycles. The van der Waals surface area contributed by atoms with E-state index in [9.17, 15) is 9.59 Å². The van der Waals surface area contributed by atoms with Gasteiger partial charge in [-0.25, -0.2) is 0 Å². The standard InChI is InChI=1S/C21H20ClNO3S/c1-13-4-5-15(12-14(13)2)18-19(27-17-8-6-16(22)7-9-17)21(25)23(20(18)24)10-11-26-3/h4-9,12H,10-11H2,1-3H3. The molecule has 4 nitrogen and oxygen atoms in total. The summed E-state index contributed by atoms with van der Waals surface area (Å²) in [5.41, 5.74) is 3.41. The minimum Gasteiger partial charge on any atom is -0.383 e. The number of aryl methyl sites for hydroxylation is 2. The van der Waals surface area contributed by atoms with E-state index in [0.29, 0.717) is 22.1 Å². The van der Waals surface area contributed by atoms with Crippen molar-refractivity contribution in [3.05, 3.63) is 69.1 Å². The van der Waals surface area contributed by atoms with Crippen molar-refractivity contribution < 1.29 is 14.3 Å². The molecule has 0 bridgehead atoms. The van der Waals surface area contributed by atoms with E-state index in [0.717, 1.165) is 21.6 Å². The monoisotopic (exact) mass is 401 g/mol. The Balaban J connectivity index is 2.05. The Bertz CT molecular complexity index is 922. The van der Waals surface area contributed by atoms with E-state index in [1.807, 2.05) is 44.2 Å². The summed E-state index contributed by atoms with van der Waals surface area (Å²) in [6.07, 6.45) is 0. The normalized spacial score (nSPS) is 14.4. The van der Waals surface area contributed by atoms with Crippen LogP contribution in [0.15, 0.2) is 52.3 Å². The van der Waals surface area contributed by atoms with Gasteiger partial charge in [-0.1, -0.05) is 41.6 Å². The summed E-state index contributed by atoms with van der Waals surface area (Å²) in [7, 11) is 1.55. The zero-order chi connectivity index (χ0) is 19.6. The third kappa shape index (κ3) is 4.10. The van der Waals surface area contributed by atoms with Gasteiger partial charge in [0.25, 0.3) is 11.8 Å². The Labute approximate surface area is 168 Å². The molecule has 1 aliphatic heterocycles. The minimum atomic E-state index is -0.287. The second-order valence-electron chi connectivity index (χ2n) is 6.31. The van der Waals surface area contributed by atoms with Gasteiger partial charge < -0.3 is 4.74 Å². The number of benzene rings is 2. The lowest BCUT2D eigenvalue weighted by molar-refractivity contribution is -0.137. The summed E-state index contributed by atoms with van der Waals surface area (Å²) < 4.78 is 5.06. The maximum Gasteiger partial charge on any atom is 0.268 e. The summed E-state index contributed by atoms with van der Waals surface area (Å²) in [4.78, 5) is 28.5. The van der Waals surface area contributed by atoms with Crippen LogP contribution in [-0.2, 0) is 14.3 Å². The van der Waals surface area contributed by atoms with Gasteiger partial charge in [-0.05, 0) is 54.8 Å². The van der Waals surface area contributed by atoms with Gasteiger partial charge in [-0.15, -0.1) is 0 Å². The quantitative estimate of drug-likeness (QED) is 0.670. The molecule has 0 aliphatic carbocycles. The molecule has 2 amide bonds. The smallest absolute Gasteiger partial charge is 0.268 e. The van der Waals surface area contributed by atoms with Gasteiger partial charge in [0.2, 0.25) is 0 Å². The SMILES string of the molecule is COCCN1C(=O)C(Sc2ccc(Cl)cc2)=C(c2ccc(C)c(C)c2)C1=O. The lowest BCUT2D eigenvalue weighted by atomic mass is 10.0. The number of ether oxygens (including phenoxy) is 1. The van der Waals surface area contributed by atoms with E-state index in [1.54, 1.807) is 19.2 Å². The number of halogens is 1. The maximum absolute atomic E-state index is 13.0. The third-order valence-corrected chi connectivity index (χ3v) is 5.82. The number of carbonyl (C=O) groups is 2. The molecule has 0 aromatic heterocycles. The van der Waals surface area contributed by atoms with Crippen LogP contribution < -0.4 is 0 Å². The minimum absolute atomic E-state index is 0.229. The molecule has 0 saturated carbocycles. The van der Waals surface area contributed by atoms with Gasteiger partial charge in [0, 0.05) is 17.0 Å². The van der Waals surface area contributed by atoms with E-state index in [4.69, 9.17) is 16.3 Å². The predicted octanol–water partition coefficient (Wildman–Crippen LogP) is 4.48. The van der Waals surface area contributed by atoms with E-state index < -0.39 is 0 Å². The molecule has 0 saturated heterocycles. The summed E-state index contributed by atoms with van der Waals surface area (Å²) in [5, 5.41) is 0.623. The first-order valence-electron chi connectivity index (χ1n) is 8.53. The number of hydrogen-bond donors (Lipinski definition) is 0. The van der Waals surface area contributed by atoms with Crippen molar-refractivity contribution in [3.8, 4) is 0 Å². The third-order valence-electron chi connectivity index (χ3n) is 4.47. The van der Waals surface area contributed by atoms with E-state index >= 15 is 0 Å². The van der Waals surface area contributed by atoms with E-state index in [1.165, 1.54) is 16.7 Å². The molecule has 1 aliphatic rings. The first-order chi connectivity index (χ1) is 12.9. The van der Waals surface area contributed by atoms with E-state index in [-0.39, 0.29) is 18.4 Å². The number of amides is 2. The van der Waals surface area contributed by atoms with Gasteiger partial charge in [0.1, 0.15) is 0 Å². The lowest BCUT2D eigenvalue weighted by Crippen LogP contribution is -2.34. The summed E-state index contributed by atoms with van der Waals surface area (Å²) in [5.74, 6) is -0.568. The van der Waals surface area contributed by atoms with Crippen molar-refractivity contribution in [3.63, 3.8) is 0 Å². The highest BCUT2D eigenvalue weighted by Gasteiger charge is 2.39. The highest BCUT2D eigenvalue weighted by atomic mass is 35.5. The maximum atomic E-state index is 13.0. The molecule has 0 N–H and O–H groups in total. The van der Waals surface area contributed by atoms with Gasteiger partial charge in [0.05, 0.1) is 23.6 Å². The molecule has 140 valence electrons. The van der Waals surface area contributed by atoms with Crippen LogP contribution in [0.4, 0.5) is 0 Å². The fourth-order valence-electron chi connectivity index (χ4n) is 2.81. The van der Waals surface area contributed by atoms with E-state index in [2.05, 4.69) is 0 Å². The van der Waals surface area contributed by atoms with Gasteiger partial charge >= 0.3 is 0 Å². The molecule has 0 fully saturated rings. The summed E-state index contributed by atoms with van der Waals surface area (Å²) >= 11 is 7.24. The second-order valence-corrected chi connectivity index (χ2v) is 7.83. The fourth-order valence-corrected chi connectivity index (χ4v) is 3.94. The molecule has 0 unspecified atom stereocenters. The Morgan fingerprint density at radius 3 is 2.33 bits per heavy atom. The predicted molar refractivity (Wildman–Crippen MR) is 109 cm³/mol. The molecule has 1 heterocycles. The topological polar surface area (TPSA) is 46.6 Å². The molecule has 0 spiro atoms. The number of thioether (sulfide) groups is 1. The first kappa shape index (κ1) is 19.7. The largest absolute Gasteiger partial charge is 0.383 e. The number of methoxy groups -OCH3 is 1. The van der Waals surface area contributed by atoms with Crippen LogP contribution in [0.5, 0.6) is 0 Å². The van der Waals surface area contributed by atoms with Crippen molar-refractivity contribution >= 4 is 40.8 Å². The first-order valence-corrected chi connectivity index (χ1v) is 9.72. The Hall–Kier alpha value is -2.08. The van der Waals surface area contributed by atoms with Crippen LogP contribution in [0.1, 0.15) is 16.7 Å². The van der Waals surface area contributed by atoms with Crippen molar-refractivity contribution in [2.45, 2.75) is 18.7 Å². The molecule has 0 atom stereocenters. The number of hydrogen-bond acceptors (Lipinski definition) is 4. The molecule has 6 heteroatoms. The van der Waals surface area contributed by atoms with Gasteiger partial charge in [0.15, 0.2) is 0 Å². The molecular formula is C21H20ClNO3S. The highest BCUT2D eigenvalue weighted by Crippen LogP contribution is 2.40. The Morgan fingerprint density at radius 2 is 1.70 bits per heavy atom. The molecule has 0 radical (unpaired) electrons. The zero-order valence-electron chi connectivity index (χ0n) is 15.4. The molecule has 27 heavy (non-hydrogen) atoms. The van der Waals surface area contributed by atoms with Crippen LogP contribution in [0.2, 0.25) is 5.02 Å².